The third-order valence-corrected chi connectivity index (χ3v) is 4.76. The van der Waals surface area contributed by atoms with Gasteiger partial charge in [0.05, 0.1) is 6.10 Å². The zero-order chi connectivity index (χ0) is 16.1. The molecule has 25 heavy (non-hydrogen) atoms. The average molecular weight is 406 g/mol. The molecule has 2 aromatic rings. The van der Waals surface area contributed by atoms with Crippen LogP contribution in [0.4, 0.5) is 0 Å². The lowest BCUT2D eigenvalue weighted by molar-refractivity contribution is 0.0927. The number of aliphatic hydroxyl groups excluding tert-OH is 1. The summed E-state index contributed by atoms with van der Waals surface area (Å²) in [5.74, 6) is 0.729. The van der Waals surface area contributed by atoms with E-state index in [9.17, 15) is 9.90 Å². The number of amides is 1. The minimum Gasteiger partial charge on any atom is -0.391 e. The van der Waals surface area contributed by atoms with Crippen LogP contribution in [0.1, 0.15) is 15.9 Å². The van der Waals surface area contributed by atoms with Gasteiger partial charge in [0.2, 0.25) is 0 Å². The first-order chi connectivity index (χ1) is 11.2. The lowest BCUT2D eigenvalue weighted by Gasteiger charge is -2.14. The molecule has 4 N–H and O–H groups in total. The summed E-state index contributed by atoms with van der Waals surface area (Å²) < 4.78 is 0. The maximum Gasteiger partial charge on any atom is 0.251 e. The second-order valence-electron chi connectivity index (χ2n) is 5.47. The fraction of sp³-hybridized carbons (Fsp3) is 0.400. The van der Waals surface area contributed by atoms with Crippen molar-refractivity contribution in [2.75, 3.05) is 19.6 Å². The predicted octanol–water partition coefficient (Wildman–Crippen LogP) is 1.25. The van der Waals surface area contributed by atoms with Crippen molar-refractivity contribution < 1.29 is 9.90 Å². The quantitative estimate of drug-likeness (QED) is 0.539. The standard InChI is InChI=1S/C15H19N5O2S.2ClH/c21-13-7-16-5-12(13)6-17-14(22)11-3-1-10(2-4-11)8-23-15-18-9-19-20-15;;/h1-4,9,12-13,16,21H,5-8H2,(H,17,22)(H,18,19,20);2*1H. The van der Waals surface area contributed by atoms with E-state index < -0.39 is 0 Å². The molecule has 138 valence electrons. The molecule has 0 saturated carbocycles. The number of hydrogen-bond donors (Lipinski definition) is 4. The van der Waals surface area contributed by atoms with Crippen LogP contribution in [-0.2, 0) is 5.75 Å². The number of β-amino-alcohol motifs (C(OH)–C–C–N with tert-alkyl or cyclic N) is 1. The highest BCUT2D eigenvalue weighted by molar-refractivity contribution is 7.98. The molecule has 2 atom stereocenters. The largest absolute Gasteiger partial charge is 0.391 e. The minimum atomic E-state index is -0.384. The lowest BCUT2D eigenvalue weighted by atomic mass is 10.1. The number of carbonyl (C=O) groups is 1. The monoisotopic (exact) mass is 405 g/mol. The summed E-state index contributed by atoms with van der Waals surface area (Å²) in [7, 11) is 0. The number of H-pyrrole nitrogens is 1. The second kappa shape index (κ2) is 10.6. The van der Waals surface area contributed by atoms with Crippen LogP contribution in [0.2, 0.25) is 0 Å². The molecule has 1 aromatic heterocycles. The van der Waals surface area contributed by atoms with Crippen molar-refractivity contribution in [3.05, 3.63) is 41.7 Å². The van der Waals surface area contributed by atoms with Gasteiger partial charge in [0, 0.05) is 36.9 Å². The van der Waals surface area contributed by atoms with E-state index in [2.05, 4.69) is 25.8 Å². The van der Waals surface area contributed by atoms with Gasteiger partial charge in [0.1, 0.15) is 6.33 Å². The number of aromatic amines is 1. The van der Waals surface area contributed by atoms with E-state index in [1.165, 1.54) is 6.33 Å². The molecule has 1 aliphatic heterocycles. The van der Waals surface area contributed by atoms with Crippen LogP contribution >= 0.6 is 36.6 Å². The van der Waals surface area contributed by atoms with Gasteiger partial charge in [-0.3, -0.25) is 9.89 Å². The zero-order valence-electron chi connectivity index (χ0n) is 13.3. The van der Waals surface area contributed by atoms with Gasteiger partial charge in [-0.15, -0.1) is 24.8 Å². The molecule has 1 saturated heterocycles. The number of carbonyl (C=O) groups excluding carboxylic acids is 1. The smallest absolute Gasteiger partial charge is 0.251 e. The fourth-order valence-electron chi connectivity index (χ4n) is 2.42. The van der Waals surface area contributed by atoms with Crippen LogP contribution in [0, 0.1) is 5.92 Å². The fourth-order valence-corrected chi connectivity index (χ4v) is 3.16. The number of halogens is 2. The van der Waals surface area contributed by atoms with Crippen molar-refractivity contribution in [2.45, 2.75) is 17.0 Å². The third kappa shape index (κ3) is 6.16. The average Bonchev–Trinajstić information content (AvgIpc) is 3.23. The summed E-state index contributed by atoms with van der Waals surface area (Å²) in [5, 5.41) is 23.1. The number of nitrogens with zero attached hydrogens (tertiary/aromatic N) is 2. The Bertz CT molecular complexity index is 642. The van der Waals surface area contributed by atoms with Gasteiger partial charge in [0.25, 0.3) is 5.91 Å². The second-order valence-corrected chi connectivity index (χ2v) is 6.44. The van der Waals surface area contributed by atoms with Gasteiger partial charge < -0.3 is 15.7 Å². The highest BCUT2D eigenvalue weighted by atomic mass is 35.5. The first-order valence-electron chi connectivity index (χ1n) is 7.46. The normalized spacial score (nSPS) is 18.9. The number of aromatic nitrogens is 3. The number of thioether (sulfide) groups is 1. The molecule has 0 bridgehead atoms. The van der Waals surface area contributed by atoms with E-state index in [4.69, 9.17) is 0 Å². The Hall–Kier alpha value is -1.32. The minimum absolute atomic E-state index is 0. The van der Waals surface area contributed by atoms with Gasteiger partial charge in [-0.25, -0.2) is 4.98 Å². The van der Waals surface area contributed by atoms with Crippen LogP contribution in [-0.4, -0.2) is 51.9 Å². The highest BCUT2D eigenvalue weighted by Gasteiger charge is 2.25. The van der Waals surface area contributed by atoms with E-state index >= 15 is 0 Å². The maximum atomic E-state index is 12.1. The van der Waals surface area contributed by atoms with Gasteiger partial charge in [-0.05, 0) is 17.7 Å². The van der Waals surface area contributed by atoms with E-state index in [0.717, 1.165) is 23.0 Å². The third-order valence-electron chi connectivity index (χ3n) is 3.81. The molecule has 0 spiro atoms. The molecule has 1 aliphatic rings. The van der Waals surface area contributed by atoms with Crippen LogP contribution in [0.3, 0.4) is 0 Å². The topological polar surface area (TPSA) is 103 Å². The summed E-state index contributed by atoms with van der Waals surface area (Å²) in [6.45, 7) is 1.81. The van der Waals surface area contributed by atoms with E-state index in [0.29, 0.717) is 18.7 Å². The van der Waals surface area contributed by atoms with Gasteiger partial charge >= 0.3 is 0 Å². The summed E-state index contributed by atoms with van der Waals surface area (Å²) in [5.41, 5.74) is 1.73. The summed E-state index contributed by atoms with van der Waals surface area (Å²) in [6.07, 6.45) is 1.10. The molecule has 1 amide bonds. The number of nitrogens with one attached hydrogen (secondary N) is 3. The van der Waals surface area contributed by atoms with Crippen molar-refractivity contribution in [1.82, 2.24) is 25.8 Å². The van der Waals surface area contributed by atoms with Crippen molar-refractivity contribution in [1.29, 1.82) is 0 Å². The van der Waals surface area contributed by atoms with Crippen LogP contribution < -0.4 is 10.6 Å². The molecule has 3 rings (SSSR count). The van der Waals surface area contributed by atoms with Gasteiger partial charge in [0.15, 0.2) is 5.16 Å². The van der Waals surface area contributed by atoms with E-state index in [-0.39, 0.29) is 42.7 Å². The molecule has 2 heterocycles. The van der Waals surface area contributed by atoms with E-state index in [1.807, 2.05) is 24.3 Å². The van der Waals surface area contributed by atoms with Crippen molar-refractivity contribution in [2.24, 2.45) is 5.92 Å². The SMILES string of the molecule is Cl.Cl.O=C(NCC1CNCC1O)c1ccc(CSc2ncn[nH]2)cc1. The summed E-state index contributed by atoms with van der Waals surface area (Å²) in [4.78, 5) is 16.2. The Morgan fingerprint density at radius 3 is 2.64 bits per heavy atom. The van der Waals surface area contributed by atoms with Crippen LogP contribution in [0.25, 0.3) is 0 Å². The zero-order valence-corrected chi connectivity index (χ0v) is 15.8. The maximum absolute atomic E-state index is 12.1. The summed E-state index contributed by atoms with van der Waals surface area (Å²) in [6, 6.07) is 7.50. The predicted molar refractivity (Wildman–Crippen MR) is 102 cm³/mol. The summed E-state index contributed by atoms with van der Waals surface area (Å²) >= 11 is 1.56. The Labute approximate surface area is 162 Å². The Balaban J connectivity index is 0.00000156. The first-order valence-corrected chi connectivity index (χ1v) is 8.45. The Morgan fingerprint density at radius 2 is 2.04 bits per heavy atom. The van der Waals surface area contributed by atoms with Crippen LogP contribution in [0.15, 0.2) is 35.7 Å². The molecule has 0 radical (unpaired) electrons. The molecule has 2 unspecified atom stereocenters. The van der Waals surface area contributed by atoms with E-state index in [1.54, 1.807) is 11.8 Å². The number of aliphatic hydroxyl groups is 1. The highest BCUT2D eigenvalue weighted by Crippen LogP contribution is 2.18. The van der Waals surface area contributed by atoms with Crippen molar-refractivity contribution >= 4 is 42.5 Å². The molecule has 1 fully saturated rings. The lowest BCUT2D eigenvalue weighted by Crippen LogP contribution is -2.34. The molecule has 1 aromatic carbocycles. The van der Waals surface area contributed by atoms with Crippen molar-refractivity contribution in [3.8, 4) is 0 Å². The Morgan fingerprint density at radius 1 is 1.28 bits per heavy atom. The number of hydrogen-bond acceptors (Lipinski definition) is 6. The first kappa shape index (κ1) is 21.7. The van der Waals surface area contributed by atoms with Gasteiger partial charge in [-0.1, -0.05) is 23.9 Å². The molecule has 10 heteroatoms. The van der Waals surface area contributed by atoms with Gasteiger partial charge in [-0.2, -0.15) is 5.10 Å². The Kier molecular flexibility index (Phi) is 9.23. The molecule has 0 aliphatic carbocycles. The molecular formula is C15H21Cl2N5O2S. The molecular weight excluding hydrogens is 385 g/mol. The number of benzene rings is 1. The number of rotatable bonds is 6. The molecule has 7 nitrogen and oxygen atoms in total. The van der Waals surface area contributed by atoms with Crippen LogP contribution in [0.5, 0.6) is 0 Å². The van der Waals surface area contributed by atoms with Crippen molar-refractivity contribution in [3.63, 3.8) is 0 Å².